The molecule has 4 rings (SSSR count). The zero-order valence-electron chi connectivity index (χ0n) is 19.0. The Labute approximate surface area is 203 Å². The number of hydrogen-bond acceptors (Lipinski definition) is 6. The summed E-state index contributed by atoms with van der Waals surface area (Å²) in [6, 6.07) is 15.1. The average molecular weight is 499 g/mol. The van der Waals surface area contributed by atoms with Gasteiger partial charge in [-0.25, -0.2) is 13.2 Å². The van der Waals surface area contributed by atoms with Gasteiger partial charge in [0, 0.05) is 17.5 Å². The van der Waals surface area contributed by atoms with Gasteiger partial charge in [-0.3, -0.25) is 4.79 Å². The first-order valence-electron chi connectivity index (χ1n) is 11.1. The molecule has 7 nitrogen and oxygen atoms in total. The fourth-order valence-electron chi connectivity index (χ4n) is 4.02. The maximum atomic E-state index is 13.3. The third-order valence-corrected chi connectivity index (χ3v) is 8.54. The Balaban J connectivity index is 1.62. The van der Waals surface area contributed by atoms with Crippen LogP contribution >= 0.6 is 11.3 Å². The molecule has 1 amide bonds. The molecule has 1 fully saturated rings. The van der Waals surface area contributed by atoms with Crippen LogP contribution in [0, 0.1) is 6.92 Å². The topological polar surface area (TPSA) is 92.8 Å². The highest BCUT2D eigenvalue weighted by molar-refractivity contribution is 7.89. The van der Waals surface area contributed by atoms with Crippen LogP contribution in [-0.2, 0) is 19.6 Å². The number of rotatable bonds is 7. The van der Waals surface area contributed by atoms with Gasteiger partial charge in [0.25, 0.3) is 0 Å². The maximum Gasteiger partial charge on any atom is 0.341 e. The van der Waals surface area contributed by atoms with Crippen LogP contribution in [0.25, 0.3) is 11.1 Å². The molecule has 34 heavy (non-hydrogen) atoms. The van der Waals surface area contributed by atoms with Gasteiger partial charge in [0.1, 0.15) is 16.6 Å². The molecule has 0 aliphatic carbocycles. The van der Waals surface area contributed by atoms with E-state index in [0.29, 0.717) is 23.4 Å². The summed E-state index contributed by atoms with van der Waals surface area (Å²) in [5.74, 6) is -0.992. The fraction of sp³-hybridized carbons (Fsp3) is 0.280. The molecule has 1 aliphatic rings. The van der Waals surface area contributed by atoms with Crippen LogP contribution in [0.1, 0.15) is 35.7 Å². The first-order valence-corrected chi connectivity index (χ1v) is 13.4. The van der Waals surface area contributed by atoms with Crippen LogP contribution in [-0.4, -0.2) is 43.8 Å². The number of esters is 1. The summed E-state index contributed by atoms with van der Waals surface area (Å²) in [7, 11) is -3.83. The summed E-state index contributed by atoms with van der Waals surface area (Å²) < 4.78 is 33.0. The predicted octanol–water partition coefficient (Wildman–Crippen LogP) is 4.69. The number of benzene rings is 2. The lowest BCUT2D eigenvalue weighted by molar-refractivity contribution is -0.119. The van der Waals surface area contributed by atoms with Crippen molar-refractivity contribution in [3.05, 3.63) is 71.1 Å². The number of carbonyl (C=O) groups is 2. The number of nitrogens with zero attached hydrogens (tertiary/aromatic N) is 1. The van der Waals surface area contributed by atoms with Crippen molar-refractivity contribution in [1.82, 2.24) is 4.31 Å². The molecule has 1 atom stereocenters. The minimum absolute atomic E-state index is 0.160. The number of sulfonamides is 1. The van der Waals surface area contributed by atoms with Gasteiger partial charge >= 0.3 is 5.97 Å². The molecule has 0 unspecified atom stereocenters. The van der Waals surface area contributed by atoms with Crippen LogP contribution in [0.5, 0.6) is 0 Å². The molecule has 0 spiro atoms. The molecule has 2 aromatic carbocycles. The maximum absolute atomic E-state index is 13.3. The predicted molar refractivity (Wildman–Crippen MR) is 132 cm³/mol. The van der Waals surface area contributed by atoms with Crippen LogP contribution in [0.2, 0.25) is 0 Å². The van der Waals surface area contributed by atoms with E-state index < -0.39 is 27.9 Å². The lowest BCUT2D eigenvalue weighted by Crippen LogP contribution is -2.43. The summed E-state index contributed by atoms with van der Waals surface area (Å²) in [5.41, 5.74) is 2.71. The summed E-state index contributed by atoms with van der Waals surface area (Å²) in [5, 5.41) is 4.96. The van der Waals surface area contributed by atoms with E-state index in [2.05, 4.69) is 5.32 Å². The van der Waals surface area contributed by atoms with Crippen molar-refractivity contribution in [2.45, 2.75) is 37.6 Å². The number of anilines is 1. The molecule has 0 radical (unpaired) electrons. The van der Waals surface area contributed by atoms with E-state index in [4.69, 9.17) is 4.74 Å². The van der Waals surface area contributed by atoms with E-state index >= 15 is 0 Å². The summed E-state index contributed by atoms with van der Waals surface area (Å²) >= 11 is 1.22. The van der Waals surface area contributed by atoms with Gasteiger partial charge in [0.05, 0.1) is 11.5 Å². The molecular weight excluding hydrogens is 472 g/mol. The SMILES string of the molecule is CCOC(=O)c1c(-c2ccccc2)csc1NC(=O)[C@H]1CCCN1S(=O)(=O)c1ccc(C)cc1. The molecule has 0 bridgehead atoms. The quantitative estimate of drug-likeness (QED) is 0.477. The number of hydrogen-bond donors (Lipinski definition) is 1. The highest BCUT2D eigenvalue weighted by atomic mass is 32.2. The average Bonchev–Trinajstić information content (AvgIpc) is 3.48. The molecule has 1 saturated heterocycles. The first-order chi connectivity index (χ1) is 16.3. The molecule has 2 heterocycles. The van der Waals surface area contributed by atoms with Crippen molar-refractivity contribution >= 4 is 38.2 Å². The molecule has 0 saturated carbocycles. The second kappa shape index (κ2) is 10.1. The molecule has 1 N–H and O–H groups in total. The highest BCUT2D eigenvalue weighted by Crippen LogP contribution is 2.37. The van der Waals surface area contributed by atoms with Crippen molar-refractivity contribution in [3.8, 4) is 11.1 Å². The number of amides is 1. The molecule has 178 valence electrons. The van der Waals surface area contributed by atoms with E-state index in [9.17, 15) is 18.0 Å². The van der Waals surface area contributed by atoms with Crippen LogP contribution in [0.4, 0.5) is 5.00 Å². The monoisotopic (exact) mass is 498 g/mol. The summed E-state index contributed by atoms with van der Waals surface area (Å²) in [4.78, 5) is 26.2. The van der Waals surface area contributed by atoms with Crippen LogP contribution in [0.3, 0.4) is 0 Å². The largest absolute Gasteiger partial charge is 0.462 e. The Morgan fingerprint density at radius 1 is 1.12 bits per heavy atom. The fourth-order valence-corrected chi connectivity index (χ4v) is 6.63. The van der Waals surface area contributed by atoms with Crippen molar-refractivity contribution < 1.29 is 22.7 Å². The van der Waals surface area contributed by atoms with E-state index in [0.717, 1.165) is 11.1 Å². The molecule has 3 aromatic rings. The van der Waals surface area contributed by atoms with Gasteiger partial charge in [-0.1, -0.05) is 48.0 Å². The second-order valence-electron chi connectivity index (χ2n) is 8.02. The lowest BCUT2D eigenvalue weighted by Gasteiger charge is -2.23. The number of nitrogens with one attached hydrogen (secondary N) is 1. The van der Waals surface area contributed by atoms with E-state index in [1.54, 1.807) is 36.6 Å². The van der Waals surface area contributed by atoms with E-state index in [1.807, 2.05) is 37.3 Å². The molecular formula is C25H26N2O5S2. The van der Waals surface area contributed by atoms with Gasteiger partial charge in [-0.15, -0.1) is 11.3 Å². The lowest BCUT2D eigenvalue weighted by atomic mass is 10.0. The van der Waals surface area contributed by atoms with E-state index in [-0.39, 0.29) is 23.6 Å². The minimum atomic E-state index is -3.83. The number of thiophene rings is 1. The molecule has 9 heteroatoms. The number of aryl methyl sites for hydroxylation is 1. The van der Waals surface area contributed by atoms with Crippen LogP contribution < -0.4 is 5.32 Å². The first kappa shape index (κ1) is 24.1. The Hall–Kier alpha value is -3.01. The Kier molecular flexibility index (Phi) is 7.16. The van der Waals surface area contributed by atoms with Crippen molar-refractivity contribution in [2.24, 2.45) is 0 Å². The zero-order chi connectivity index (χ0) is 24.3. The van der Waals surface area contributed by atoms with E-state index in [1.165, 1.54) is 15.6 Å². The third-order valence-electron chi connectivity index (χ3n) is 5.73. The van der Waals surface area contributed by atoms with Crippen molar-refractivity contribution in [1.29, 1.82) is 0 Å². The van der Waals surface area contributed by atoms with Crippen molar-refractivity contribution in [3.63, 3.8) is 0 Å². The summed E-state index contributed by atoms with van der Waals surface area (Å²) in [6.07, 6.45) is 0.982. The van der Waals surface area contributed by atoms with Gasteiger partial charge in [0.15, 0.2) is 0 Å². The molecule has 1 aliphatic heterocycles. The summed E-state index contributed by atoms with van der Waals surface area (Å²) in [6.45, 7) is 4.06. The Bertz CT molecular complexity index is 1280. The number of ether oxygens (including phenoxy) is 1. The number of carbonyl (C=O) groups excluding carboxylic acids is 2. The van der Waals surface area contributed by atoms with Crippen molar-refractivity contribution in [2.75, 3.05) is 18.5 Å². The minimum Gasteiger partial charge on any atom is -0.462 e. The smallest absolute Gasteiger partial charge is 0.341 e. The van der Waals surface area contributed by atoms with Gasteiger partial charge in [0.2, 0.25) is 15.9 Å². The van der Waals surface area contributed by atoms with Gasteiger partial charge in [-0.2, -0.15) is 4.31 Å². The normalized spacial score (nSPS) is 16.4. The van der Waals surface area contributed by atoms with Gasteiger partial charge < -0.3 is 10.1 Å². The Morgan fingerprint density at radius 3 is 2.50 bits per heavy atom. The highest BCUT2D eigenvalue weighted by Gasteiger charge is 2.40. The molecule has 1 aromatic heterocycles. The Morgan fingerprint density at radius 2 is 1.82 bits per heavy atom. The van der Waals surface area contributed by atoms with Crippen LogP contribution in [0.15, 0.2) is 64.9 Å². The second-order valence-corrected chi connectivity index (χ2v) is 10.8. The third kappa shape index (κ3) is 4.77. The standard InChI is InChI=1S/C25H26N2O5S2/c1-3-32-25(29)22-20(18-8-5-4-6-9-18)16-33-24(22)26-23(28)21-10-7-15-27(21)34(30,31)19-13-11-17(2)12-14-19/h4-6,8-9,11-14,16,21H,3,7,10,15H2,1-2H3,(H,26,28)/t21-/m1/s1. The van der Waals surface area contributed by atoms with Gasteiger partial charge in [-0.05, 0) is 44.4 Å². The zero-order valence-corrected chi connectivity index (χ0v) is 20.6.